The maximum absolute atomic E-state index is 11.7. The van der Waals surface area contributed by atoms with Gasteiger partial charge in [0, 0.05) is 16.6 Å². The zero-order valence-electron chi connectivity index (χ0n) is 8.01. The molecular weight excluding hydrogens is 198 g/mol. The molecule has 74 valence electrons. The Hall–Kier alpha value is -0.860. The molecule has 14 heavy (non-hydrogen) atoms. The van der Waals surface area contributed by atoms with Crippen LogP contribution in [0.2, 0.25) is 5.02 Å². The maximum Gasteiger partial charge on any atom is 0.176 e. The second-order valence-corrected chi connectivity index (χ2v) is 4.15. The summed E-state index contributed by atoms with van der Waals surface area (Å²) in [6.07, 6.45) is 0.863. The number of ketones is 1. The zero-order chi connectivity index (χ0) is 10.1. The van der Waals surface area contributed by atoms with E-state index in [0.717, 1.165) is 17.5 Å². The quantitative estimate of drug-likeness (QED) is 0.709. The van der Waals surface area contributed by atoms with Crippen LogP contribution in [0.4, 0.5) is 0 Å². The number of halogens is 1. The molecule has 1 unspecified atom stereocenters. The van der Waals surface area contributed by atoms with Gasteiger partial charge in [-0.05, 0) is 37.1 Å². The fourth-order valence-corrected chi connectivity index (χ4v) is 1.96. The highest BCUT2D eigenvalue weighted by Gasteiger charge is 2.18. The summed E-state index contributed by atoms with van der Waals surface area (Å²) in [4.78, 5) is 11.7. The Labute approximate surface area is 88.3 Å². The summed E-state index contributed by atoms with van der Waals surface area (Å²) >= 11 is 5.89. The van der Waals surface area contributed by atoms with Crippen LogP contribution < -0.4 is 5.32 Å². The summed E-state index contributed by atoms with van der Waals surface area (Å²) in [6, 6.07) is 5.81. The Morgan fingerprint density at radius 3 is 3.07 bits per heavy atom. The summed E-state index contributed by atoms with van der Waals surface area (Å²) in [5, 5.41) is 3.87. The number of carbonyl (C=O) groups is 1. The van der Waals surface area contributed by atoms with Crippen LogP contribution in [0.3, 0.4) is 0 Å². The van der Waals surface area contributed by atoms with Gasteiger partial charge in [-0.1, -0.05) is 11.6 Å². The van der Waals surface area contributed by atoms with Crippen LogP contribution in [0.1, 0.15) is 22.8 Å². The van der Waals surface area contributed by atoms with Crippen LogP contribution >= 0.6 is 11.6 Å². The molecule has 3 heteroatoms. The van der Waals surface area contributed by atoms with Crippen molar-refractivity contribution in [2.75, 3.05) is 6.54 Å². The first-order valence-corrected chi connectivity index (χ1v) is 5.09. The van der Waals surface area contributed by atoms with Crippen LogP contribution in [0.5, 0.6) is 0 Å². The molecule has 1 N–H and O–H groups in total. The molecule has 0 bridgehead atoms. The van der Waals surface area contributed by atoms with Gasteiger partial charge in [0.2, 0.25) is 0 Å². The van der Waals surface area contributed by atoms with Gasteiger partial charge in [-0.25, -0.2) is 0 Å². The molecule has 0 saturated heterocycles. The second-order valence-electron chi connectivity index (χ2n) is 3.71. The molecule has 0 aliphatic carbocycles. The minimum absolute atomic E-state index is 0.154. The van der Waals surface area contributed by atoms with Crippen molar-refractivity contribution >= 4 is 17.4 Å². The fourth-order valence-electron chi connectivity index (χ4n) is 1.77. The van der Waals surface area contributed by atoms with Crippen molar-refractivity contribution in [2.24, 2.45) is 0 Å². The number of carbonyl (C=O) groups excluding carboxylic acids is 1. The Morgan fingerprint density at radius 2 is 2.29 bits per heavy atom. The van der Waals surface area contributed by atoms with Crippen molar-refractivity contribution in [3.8, 4) is 0 Å². The summed E-state index contributed by atoms with van der Waals surface area (Å²) in [6.45, 7) is 2.50. The van der Waals surface area contributed by atoms with Gasteiger partial charge >= 0.3 is 0 Å². The van der Waals surface area contributed by atoms with Gasteiger partial charge in [0.05, 0.1) is 6.54 Å². The van der Waals surface area contributed by atoms with E-state index in [0.29, 0.717) is 17.6 Å². The Bertz CT molecular complexity index is 376. The molecule has 0 saturated carbocycles. The minimum atomic E-state index is 0.154. The molecule has 0 amide bonds. The molecule has 1 heterocycles. The third-order valence-corrected chi connectivity index (χ3v) is 2.74. The van der Waals surface area contributed by atoms with Crippen LogP contribution in [0.15, 0.2) is 18.2 Å². The third kappa shape index (κ3) is 1.81. The van der Waals surface area contributed by atoms with Crippen molar-refractivity contribution in [1.82, 2.24) is 5.32 Å². The Kier molecular flexibility index (Phi) is 2.57. The maximum atomic E-state index is 11.7. The third-order valence-electron chi connectivity index (χ3n) is 2.50. The molecule has 1 aromatic rings. The summed E-state index contributed by atoms with van der Waals surface area (Å²) in [7, 11) is 0. The minimum Gasteiger partial charge on any atom is -0.307 e. The molecule has 0 spiro atoms. The van der Waals surface area contributed by atoms with Crippen LogP contribution in [-0.4, -0.2) is 18.4 Å². The standard InChI is InChI=1S/C11H12ClNO/c1-7-4-8-5-9(12)2-3-10(8)11(14)6-13-7/h2-3,5,7,13H,4,6H2,1H3. The fraction of sp³-hybridized carbons (Fsp3) is 0.364. The van der Waals surface area contributed by atoms with Gasteiger partial charge in [0.1, 0.15) is 0 Å². The van der Waals surface area contributed by atoms with E-state index in [2.05, 4.69) is 12.2 Å². The lowest BCUT2D eigenvalue weighted by Gasteiger charge is -2.08. The van der Waals surface area contributed by atoms with Crippen LogP contribution in [-0.2, 0) is 6.42 Å². The van der Waals surface area contributed by atoms with Crippen LogP contribution in [0.25, 0.3) is 0 Å². The second kappa shape index (κ2) is 3.71. The van der Waals surface area contributed by atoms with E-state index < -0.39 is 0 Å². The smallest absolute Gasteiger partial charge is 0.176 e. The number of nitrogens with one attached hydrogen (secondary N) is 1. The SMILES string of the molecule is CC1Cc2cc(Cl)ccc2C(=O)CN1. The highest BCUT2D eigenvalue weighted by Crippen LogP contribution is 2.19. The first kappa shape index (κ1) is 9.69. The molecule has 0 radical (unpaired) electrons. The highest BCUT2D eigenvalue weighted by atomic mass is 35.5. The topological polar surface area (TPSA) is 29.1 Å². The van der Waals surface area contributed by atoms with Crippen molar-refractivity contribution in [3.05, 3.63) is 34.3 Å². The van der Waals surface area contributed by atoms with E-state index in [9.17, 15) is 4.79 Å². The van der Waals surface area contributed by atoms with E-state index in [-0.39, 0.29) is 5.78 Å². The molecule has 1 aliphatic rings. The van der Waals surface area contributed by atoms with E-state index in [1.807, 2.05) is 12.1 Å². The van der Waals surface area contributed by atoms with Gasteiger partial charge in [0.15, 0.2) is 5.78 Å². The van der Waals surface area contributed by atoms with Crippen LogP contribution in [0, 0.1) is 0 Å². The lowest BCUT2D eigenvalue weighted by molar-refractivity contribution is 0.0991. The van der Waals surface area contributed by atoms with Gasteiger partial charge in [-0.3, -0.25) is 4.79 Å². The van der Waals surface area contributed by atoms with Gasteiger partial charge < -0.3 is 5.32 Å². The lowest BCUT2D eigenvalue weighted by Crippen LogP contribution is -2.29. The zero-order valence-corrected chi connectivity index (χ0v) is 8.77. The van der Waals surface area contributed by atoms with Gasteiger partial charge in [-0.15, -0.1) is 0 Å². The number of fused-ring (bicyclic) bond motifs is 1. The van der Waals surface area contributed by atoms with E-state index in [1.54, 1.807) is 6.07 Å². The Morgan fingerprint density at radius 1 is 1.50 bits per heavy atom. The number of Topliss-reactive ketones (excluding diaryl/α,β-unsaturated/α-hetero) is 1. The molecule has 1 atom stereocenters. The molecular formula is C11H12ClNO. The normalized spacial score (nSPS) is 21.6. The van der Waals surface area contributed by atoms with E-state index >= 15 is 0 Å². The van der Waals surface area contributed by atoms with E-state index in [1.165, 1.54) is 0 Å². The number of hydrogen-bond donors (Lipinski definition) is 1. The molecule has 2 nitrogen and oxygen atoms in total. The number of benzene rings is 1. The largest absolute Gasteiger partial charge is 0.307 e. The number of hydrogen-bond acceptors (Lipinski definition) is 2. The summed E-state index contributed by atoms with van der Waals surface area (Å²) in [5.74, 6) is 0.154. The molecule has 1 aliphatic heterocycles. The highest BCUT2D eigenvalue weighted by molar-refractivity contribution is 6.30. The average Bonchev–Trinajstić information content (AvgIpc) is 2.26. The predicted molar refractivity (Wildman–Crippen MR) is 57.0 cm³/mol. The predicted octanol–water partition coefficient (Wildman–Crippen LogP) is 2.06. The lowest BCUT2D eigenvalue weighted by atomic mass is 10.0. The summed E-state index contributed by atoms with van der Waals surface area (Å²) < 4.78 is 0. The molecule has 1 aromatic carbocycles. The average molecular weight is 210 g/mol. The van der Waals surface area contributed by atoms with Gasteiger partial charge in [0.25, 0.3) is 0 Å². The monoisotopic (exact) mass is 209 g/mol. The molecule has 0 fully saturated rings. The Balaban J connectivity index is 2.47. The van der Waals surface area contributed by atoms with Crippen molar-refractivity contribution in [2.45, 2.75) is 19.4 Å². The first-order valence-electron chi connectivity index (χ1n) is 4.72. The molecule has 0 aromatic heterocycles. The van der Waals surface area contributed by atoms with Crippen molar-refractivity contribution in [1.29, 1.82) is 0 Å². The van der Waals surface area contributed by atoms with E-state index in [4.69, 9.17) is 11.6 Å². The summed E-state index contributed by atoms with van der Waals surface area (Å²) in [5.41, 5.74) is 1.87. The number of rotatable bonds is 0. The van der Waals surface area contributed by atoms with Crippen molar-refractivity contribution in [3.63, 3.8) is 0 Å². The van der Waals surface area contributed by atoms with Gasteiger partial charge in [-0.2, -0.15) is 0 Å². The van der Waals surface area contributed by atoms with Crippen molar-refractivity contribution < 1.29 is 4.79 Å². The first-order chi connectivity index (χ1) is 6.66. The molecule has 2 rings (SSSR count).